The van der Waals surface area contributed by atoms with Crippen molar-refractivity contribution in [3.05, 3.63) is 41.3 Å². The van der Waals surface area contributed by atoms with E-state index >= 15 is 0 Å². The Morgan fingerprint density at radius 3 is 2.92 bits per heavy atom. The number of likely N-dealkylation sites (tertiary alicyclic amines) is 1. The topological polar surface area (TPSA) is 86.3 Å². The Balaban J connectivity index is 1.55. The van der Waals surface area contributed by atoms with Gasteiger partial charge in [0, 0.05) is 25.5 Å². The van der Waals surface area contributed by atoms with Gasteiger partial charge in [-0.3, -0.25) is 9.48 Å². The smallest absolute Gasteiger partial charge is 0.272 e. The number of nitrogen functional groups attached to an aromatic ring is 1. The number of carbonyl (C=O) groups excluding carboxylic acids is 1. The lowest BCUT2D eigenvalue weighted by Gasteiger charge is -2.25. The van der Waals surface area contributed by atoms with Crippen molar-refractivity contribution >= 4 is 11.7 Å². The number of rotatable bonds is 4. The summed E-state index contributed by atoms with van der Waals surface area (Å²) in [4.78, 5) is 19.7. The first-order valence-corrected chi connectivity index (χ1v) is 9.25. The third-order valence-corrected chi connectivity index (χ3v) is 5.43. The van der Waals surface area contributed by atoms with Crippen LogP contribution in [0.5, 0.6) is 0 Å². The van der Waals surface area contributed by atoms with E-state index in [1.807, 2.05) is 17.2 Å². The molecular weight excluding hydrogens is 330 g/mol. The summed E-state index contributed by atoms with van der Waals surface area (Å²) >= 11 is 0. The zero-order chi connectivity index (χ0) is 18.1. The number of ether oxygens (including phenoxy) is 1. The van der Waals surface area contributed by atoms with Gasteiger partial charge in [-0.25, -0.2) is 4.98 Å². The minimum atomic E-state index is -0.0250. The fraction of sp³-hybridized carbons (Fsp3) is 0.526. The number of hydrogen-bond donors (Lipinski definition) is 1. The first kappa shape index (κ1) is 17.0. The summed E-state index contributed by atoms with van der Waals surface area (Å²) in [5, 5.41) is 4.25. The summed E-state index contributed by atoms with van der Waals surface area (Å²) in [5.41, 5.74) is 8.61. The van der Waals surface area contributed by atoms with E-state index in [0.717, 1.165) is 31.4 Å². The van der Waals surface area contributed by atoms with E-state index in [9.17, 15) is 4.79 Å². The van der Waals surface area contributed by atoms with Crippen LogP contribution in [-0.2, 0) is 24.1 Å². The van der Waals surface area contributed by atoms with E-state index in [0.29, 0.717) is 24.6 Å². The van der Waals surface area contributed by atoms with Crippen LogP contribution in [0.3, 0.4) is 0 Å². The molecule has 0 bridgehead atoms. The molecule has 0 saturated carbocycles. The van der Waals surface area contributed by atoms with Gasteiger partial charge in [0.15, 0.2) is 0 Å². The normalized spacial score (nSPS) is 22.4. The van der Waals surface area contributed by atoms with Crippen LogP contribution in [0.25, 0.3) is 0 Å². The number of amides is 1. The molecule has 2 aliphatic rings. The summed E-state index contributed by atoms with van der Waals surface area (Å²) in [6, 6.07) is 5.72. The Hall–Kier alpha value is -2.41. The molecule has 7 heteroatoms. The van der Waals surface area contributed by atoms with Crippen LogP contribution < -0.4 is 5.73 Å². The number of pyridine rings is 1. The Bertz CT molecular complexity index is 803. The van der Waals surface area contributed by atoms with Gasteiger partial charge in [0.2, 0.25) is 0 Å². The third kappa shape index (κ3) is 3.31. The molecule has 1 fully saturated rings. The number of nitrogens with two attached hydrogens (primary N) is 1. The number of methoxy groups -OCH3 is 1. The van der Waals surface area contributed by atoms with Gasteiger partial charge in [-0.2, -0.15) is 5.10 Å². The van der Waals surface area contributed by atoms with Crippen LogP contribution in [0.4, 0.5) is 5.82 Å². The number of aryl methyl sites for hydroxylation is 2. The highest BCUT2D eigenvalue weighted by Crippen LogP contribution is 2.25. The highest BCUT2D eigenvalue weighted by atomic mass is 16.5. The van der Waals surface area contributed by atoms with Gasteiger partial charge in [0.1, 0.15) is 11.5 Å². The van der Waals surface area contributed by atoms with Crippen molar-refractivity contribution in [1.29, 1.82) is 0 Å². The highest BCUT2D eigenvalue weighted by molar-refractivity contribution is 5.93. The summed E-state index contributed by atoms with van der Waals surface area (Å²) < 4.78 is 7.31. The molecule has 4 rings (SSSR count). The standard InChI is InChI=1S/C19H25N5O2/c1-26-15-10-14(11-23-9-8-18(20)22-23)24(12-15)19(25)17-7-6-13-4-2-3-5-16(13)21-17/h6-9,14-15H,2-5,10-12H2,1H3,(H2,20,22)/t14-,15+/m0/s1. The molecule has 2 aromatic heterocycles. The van der Waals surface area contributed by atoms with E-state index in [-0.39, 0.29) is 18.1 Å². The van der Waals surface area contributed by atoms with E-state index in [1.165, 1.54) is 12.0 Å². The van der Waals surface area contributed by atoms with Crippen LogP contribution in [0.1, 0.15) is 41.0 Å². The second kappa shape index (κ2) is 7.07. The fourth-order valence-corrected chi connectivity index (χ4v) is 4.01. The second-order valence-corrected chi connectivity index (χ2v) is 7.18. The van der Waals surface area contributed by atoms with Crippen molar-refractivity contribution in [3.8, 4) is 0 Å². The monoisotopic (exact) mass is 355 g/mol. The molecule has 0 unspecified atom stereocenters. The van der Waals surface area contributed by atoms with Gasteiger partial charge in [-0.05, 0) is 49.8 Å². The SMILES string of the molecule is CO[C@@H]1C[C@@H](Cn2ccc(N)n2)N(C(=O)c2ccc3c(n2)CCCC3)C1. The maximum Gasteiger partial charge on any atom is 0.272 e. The number of anilines is 1. The minimum absolute atomic E-state index is 0.0181. The Morgan fingerprint density at radius 1 is 1.31 bits per heavy atom. The third-order valence-electron chi connectivity index (χ3n) is 5.43. The highest BCUT2D eigenvalue weighted by Gasteiger charge is 2.36. The number of hydrogen-bond acceptors (Lipinski definition) is 5. The molecule has 7 nitrogen and oxygen atoms in total. The average Bonchev–Trinajstić information content (AvgIpc) is 3.27. The summed E-state index contributed by atoms with van der Waals surface area (Å²) in [6.45, 7) is 1.18. The molecule has 26 heavy (non-hydrogen) atoms. The molecule has 1 aliphatic carbocycles. The van der Waals surface area contributed by atoms with Gasteiger partial charge in [-0.15, -0.1) is 0 Å². The molecular formula is C19H25N5O2. The molecule has 2 atom stereocenters. The molecule has 3 heterocycles. The van der Waals surface area contributed by atoms with Crippen molar-refractivity contribution in [2.75, 3.05) is 19.4 Å². The summed E-state index contributed by atoms with van der Waals surface area (Å²) in [7, 11) is 1.69. The molecule has 1 amide bonds. The van der Waals surface area contributed by atoms with Gasteiger partial charge in [0.05, 0.1) is 18.7 Å². The van der Waals surface area contributed by atoms with E-state index < -0.39 is 0 Å². The lowest BCUT2D eigenvalue weighted by molar-refractivity contribution is 0.0673. The number of nitrogens with zero attached hydrogens (tertiary/aromatic N) is 4. The van der Waals surface area contributed by atoms with Gasteiger partial charge in [-0.1, -0.05) is 6.07 Å². The molecule has 1 saturated heterocycles. The van der Waals surface area contributed by atoms with Crippen LogP contribution in [0.15, 0.2) is 24.4 Å². The van der Waals surface area contributed by atoms with Crippen molar-refractivity contribution in [3.63, 3.8) is 0 Å². The maximum atomic E-state index is 13.2. The number of fused-ring (bicyclic) bond motifs is 1. The lowest BCUT2D eigenvalue weighted by Crippen LogP contribution is -2.39. The predicted molar refractivity (Wildman–Crippen MR) is 97.8 cm³/mol. The Kier molecular flexibility index (Phi) is 4.63. The molecule has 1 aliphatic heterocycles. The fourth-order valence-electron chi connectivity index (χ4n) is 4.01. The molecule has 2 N–H and O–H groups in total. The molecule has 0 aromatic carbocycles. The second-order valence-electron chi connectivity index (χ2n) is 7.18. The molecule has 138 valence electrons. The Morgan fingerprint density at radius 2 is 2.15 bits per heavy atom. The van der Waals surface area contributed by atoms with Gasteiger partial charge in [0.25, 0.3) is 5.91 Å². The average molecular weight is 355 g/mol. The largest absolute Gasteiger partial charge is 0.382 e. The Labute approximate surface area is 153 Å². The van der Waals surface area contributed by atoms with Crippen LogP contribution in [0, 0.1) is 0 Å². The first-order chi connectivity index (χ1) is 12.6. The van der Waals surface area contributed by atoms with Crippen LogP contribution in [-0.4, -0.2) is 51.4 Å². The minimum Gasteiger partial charge on any atom is -0.382 e. The molecule has 0 spiro atoms. The molecule has 2 aromatic rings. The van der Waals surface area contributed by atoms with Gasteiger partial charge < -0.3 is 15.4 Å². The summed E-state index contributed by atoms with van der Waals surface area (Å²) in [5.74, 6) is 0.462. The van der Waals surface area contributed by atoms with E-state index in [2.05, 4.69) is 16.1 Å². The first-order valence-electron chi connectivity index (χ1n) is 9.25. The lowest BCUT2D eigenvalue weighted by atomic mass is 9.96. The van der Waals surface area contributed by atoms with Crippen molar-refractivity contribution < 1.29 is 9.53 Å². The van der Waals surface area contributed by atoms with Crippen molar-refractivity contribution in [1.82, 2.24) is 19.7 Å². The van der Waals surface area contributed by atoms with Gasteiger partial charge >= 0.3 is 0 Å². The zero-order valence-electron chi connectivity index (χ0n) is 15.1. The summed E-state index contributed by atoms with van der Waals surface area (Å²) in [6.07, 6.45) is 7.05. The molecule has 0 radical (unpaired) electrons. The predicted octanol–water partition coefficient (Wildman–Crippen LogP) is 1.67. The van der Waals surface area contributed by atoms with Crippen LogP contribution >= 0.6 is 0 Å². The van der Waals surface area contributed by atoms with E-state index in [1.54, 1.807) is 17.9 Å². The number of aromatic nitrogens is 3. The van der Waals surface area contributed by atoms with Crippen molar-refractivity contribution in [2.45, 2.75) is 50.8 Å². The van der Waals surface area contributed by atoms with Crippen LogP contribution in [0.2, 0.25) is 0 Å². The van der Waals surface area contributed by atoms with E-state index in [4.69, 9.17) is 10.5 Å². The number of carbonyl (C=O) groups is 1. The van der Waals surface area contributed by atoms with Crippen molar-refractivity contribution in [2.24, 2.45) is 0 Å². The zero-order valence-corrected chi connectivity index (χ0v) is 15.1. The quantitative estimate of drug-likeness (QED) is 0.901. The maximum absolute atomic E-state index is 13.2.